The average Bonchev–Trinajstić information content (AvgIpc) is 2.74. The van der Waals surface area contributed by atoms with Crippen LogP contribution < -0.4 is 5.32 Å². The summed E-state index contributed by atoms with van der Waals surface area (Å²) in [4.78, 5) is 25.6. The first-order chi connectivity index (χ1) is 14.8. The summed E-state index contributed by atoms with van der Waals surface area (Å²) >= 11 is 0. The highest BCUT2D eigenvalue weighted by molar-refractivity contribution is 5.81. The summed E-state index contributed by atoms with van der Waals surface area (Å²) in [6, 6.07) is 17.6. The van der Waals surface area contributed by atoms with Crippen LogP contribution in [-0.4, -0.2) is 52.7 Å². The van der Waals surface area contributed by atoms with Crippen LogP contribution in [0.25, 0.3) is 0 Å². The maximum absolute atomic E-state index is 12.4. The molecule has 3 atom stereocenters. The molecule has 2 aromatic carbocycles. The predicted octanol–water partition coefficient (Wildman–Crippen LogP) is 3.19. The zero-order valence-electron chi connectivity index (χ0n) is 18.3. The van der Waals surface area contributed by atoms with E-state index in [4.69, 9.17) is 5.11 Å². The molecule has 6 heteroatoms. The Kier molecular flexibility index (Phi) is 7.33. The van der Waals surface area contributed by atoms with Crippen LogP contribution in [0.5, 0.6) is 5.75 Å². The number of carboxylic acids is 1. The Morgan fingerprint density at radius 1 is 1.19 bits per heavy atom. The number of carbonyl (C=O) groups excluding carboxylic acids is 1. The van der Waals surface area contributed by atoms with E-state index in [1.807, 2.05) is 30.3 Å². The van der Waals surface area contributed by atoms with Gasteiger partial charge in [0.05, 0.1) is 0 Å². The Hall–Kier alpha value is -2.86. The molecule has 31 heavy (non-hydrogen) atoms. The summed E-state index contributed by atoms with van der Waals surface area (Å²) in [6.45, 7) is 5.77. The first-order valence-electron chi connectivity index (χ1n) is 10.8. The quantitative estimate of drug-likeness (QED) is 0.606. The molecule has 0 saturated carbocycles. The van der Waals surface area contributed by atoms with Crippen molar-refractivity contribution < 1.29 is 19.8 Å². The van der Waals surface area contributed by atoms with Gasteiger partial charge < -0.3 is 15.5 Å². The molecular weight excluding hydrogens is 392 g/mol. The van der Waals surface area contributed by atoms with Crippen LogP contribution in [0.3, 0.4) is 0 Å². The van der Waals surface area contributed by atoms with Gasteiger partial charge in [-0.2, -0.15) is 0 Å². The van der Waals surface area contributed by atoms with Gasteiger partial charge in [-0.05, 0) is 54.0 Å². The molecular formula is C25H32N2O4. The van der Waals surface area contributed by atoms with Gasteiger partial charge >= 0.3 is 5.97 Å². The normalized spacial score (nSPS) is 22.6. The summed E-state index contributed by atoms with van der Waals surface area (Å²) in [6.07, 6.45) is 1.91. The van der Waals surface area contributed by atoms with E-state index in [9.17, 15) is 14.7 Å². The Morgan fingerprint density at radius 3 is 2.58 bits per heavy atom. The summed E-state index contributed by atoms with van der Waals surface area (Å²) < 4.78 is 0. The van der Waals surface area contributed by atoms with Crippen molar-refractivity contribution in [2.24, 2.45) is 5.92 Å². The molecule has 1 aliphatic rings. The topological polar surface area (TPSA) is 89.9 Å². The molecule has 0 spiro atoms. The average molecular weight is 425 g/mol. The molecule has 1 saturated heterocycles. The zero-order chi connectivity index (χ0) is 22.4. The van der Waals surface area contributed by atoms with Crippen LogP contribution in [0, 0.1) is 5.92 Å². The second-order valence-electron chi connectivity index (χ2n) is 8.83. The maximum Gasteiger partial charge on any atom is 0.322 e. The Morgan fingerprint density at radius 2 is 1.94 bits per heavy atom. The lowest BCUT2D eigenvalue weighted by Crippen LogP contribution is -2.52. The number of hydrogen-bond acceptors (Lipinski definition) is 4. The Balaban J connectivity index is 1.74. The number of rotatable bonds is 8. The van der Waals surface area contributed by atoms with E-state index in [0.29, 0.717) is 5.92 Å². The molecule has 1 heterocycles. The van der Waals surface area contributed by atoms with E-state index in [0.717, 1.165) is 37.1 Å². The van der Waals surface area contributed by atoms with Gasteiger partial charge in [-0.1, -0.05) is 56.3 Å². The number of nitrogens with zero attached hydrogens (tertiary/aromatic N) is 1. The summed E-state index contributed by atoms with van der Waals surface area (Å²) in [7, 11) is 0. The lowest BCUT2D eigenvalue weighted by molar-refractivity contribution is -0.138. The summed E-state index contributed by atoms with van der Waals surface area (Å²) in [5.41, 5.74) is 2.24. The number of amides is 1. The third kappa shape index (κ3) is 5.85. The van der Waals surface area contributed by atoms with Gasteiger partial charge in [-0.3, -0.25) is 14.5 Å². The third-order valence-corrected chi connectivity index (χ3v) is 6.71. The smallest absolute Gasteiger partial charge is 0.322 e. The Labute approximate surface area is 183 Å². The van der Waals surface area contributed by atoms with Gasteiger partial charge in [-0.15, -0.1) is 0 Å². The fourth-order valence-corrected chi connectivity index (χ4v) is 4.57. The van der Waals surface area contributed by atoms with Crippen LogP contribution in [0.15, 0.2) is 54.6 Å². The third-order valence-electron chi connectivity index (χ3n) is 6.71. The molecule has 0 radical (unpaired) electrons. The minimum Gasteiger partial charge on any atom is -0.508 e. The molecule has 2 aromatic rings. The van der Waals surface area contributed by atoms with Crippen molar-refractivity contribution in [3.63, 3.8) is 0 Å². The molecule has 0 bridgehead atoms. The standard InChI is InChI=1S/C25H32N2O4/c1-18-17-27(12-11-25(18,2)20-9-6-10-22(28)14-20)21(13-19-7-4-3-5-8-19)15-23(29)26-16-24(30)31/h3-10,14,18,21,28H,11-13,15-17H2,1-2H3,(H,26,29)(H,30,31)/t18-,21-,25+/m0/s1. The number of nitrogens with one attached hydrogen (secondary N) is 1. The van der Waals surface area contributed by atoms with Crippen LogP contribution >= 0.6 is 0 Å². The molecule has 0 unspecified atom stereocenters. The van der Waals surface area contributed by atoms with E-state index in [1.165, 1.54) is 0 Å². The van der Waals surface area contributed by atoms with Crippen LogP contribution in [0.1, 0.15) is 37.8 Å². The minimum absolute atomic E-state index is 0.00706. The number of piperidine rings is 1. The van der Waals surface area contributed by atoms with Gasteiger partial charge in [0.25, 0.3) is 0 Å². The monoisotopic (exact) mass is 424 g/mol. The SMILES string of the molecule is C[C@H]1CN([C@H](CC(=O)NCC(=O)O)Cc2ccccc2)CC[C@@]1(C)c1cccc(O)c1. The first-order valence-corrected chi connectivity index (χ1v) is 10.8. The molecule has 166 valence electrons. The number of carbonyl (C=O) groups is 2. The van der Waals surface area contributed by atoms with Crippen molar-refractivity contribution >= 4 is 11.9 Å². The number of hydrogen-bond donors (Lipinski definition) is 3. The summed E-state index contributed by atoms with van der Waals surface area (Å²) in [5.74, 6) is -0.674. The molecule has 0 aromatic heterocycles. The number of phenols is 1. The number of carboxylic acid groups (broad SMARTS) is 1. The van der Waals surface area contributed by atoms with E-state index < -0.39 is 5.97 Å². The highest BCUT2D eigenvalue weighted by Gasteiger charge is 2.40. The predicted molar refractivity (Wildman–Crippen MR) is 120 cm³/mol. The fraction of sp³-hybridized carbons (Fsp3) is 0.440. The van der Waals surface area contributed by atoms with Gasteiger partial charge in [0.1, 0.15) is 12.3 Å². The van der Waals surface area contributed by atoms with Crippen molar-refractivity contribution in [3.8, 4) is 5.75 Å². The van der Waals surface area contributed by atoms with Crippen molar-refractivity contribution in [2.45, 2.75) is 44.6 Å². The number of benzene rings is 2. The van der Waals surface area contributed by atoms with Crippen molar-refractivity contribution in [3.05, 3.63) is 65.7 Å². The molecule has 1 fully saturated rings. The van der Waals surface area contributed by atoms with Gasteiger partial charge in [-0.25, -0.2) is 0 Å². The Bertz CT molecular complexity index is 901. The molecule has 1 amide bonds. The van der Waals surface area contributed by atoms with Crippen molar-refractivity contribution in [1.82, 2.24) is 10.2 Å². The molecule has 1 aliphatic heterocycles. The second-order valence-corrected chi connectivity index (χ2v) is 8.83. The molecule has 0 aliphatic carbocycles. The van der Waals surface area contributed by atoms with Crippen LogP contribution in [0.2, 0.25) is 0 Å². The van der Waals surface area contributed by atoms with Gasteiger partial charge in [0.15, 0.2) is 0 Å². The lowest BCUT2D eigenvalue weighted by atomic mass is 9.67. The van der Waals surface area contributed by atoms with Gasteiger partial charge in [0, 0.05) is 19.0 Å². The maximum atomic E-state index is 12.4. The van der Waals surface area contributed by atoms with Crippen molar-refractivity contribution in [1.29, 1.82) is 0 Å². The second kappa shape index (κ2) is 9.96. The summed E-state index contributed by atoms with van der Waals surface area (Å²) in [5, 5.41) is 21.3. The number of phenolic OH excluding ortho intramolecular Hbond substituents is 1. The number of aliphatic carboxylic acids is 1. The largest absolute Gasteiger partial charge is 0.508 e. The van der Waals surface area contributed by atoms with Crippen LogP contribution in [-0.2, 0) is 21.4 Å². The van der Waals surface area contributed by atoms with E-state index in [1.54, 1.807) is 6.07 Å². The van der Waals surface area contributed by atoms with Gasteiger partial charge in [0.2, 0.25) is 5.91 Å². The zero-order valence-corrected chi connectivity index (χ0v) is 18.3. The lowest BCUT2D eigenvalue weighted by Gasteiger charge is -2.47. The molecule has 3 N–H and O–H groups in total. The van der Waals surface area contributed by atoms with E-state index in [2.05, 4.69) is 42.3 Å². The number of likely N-dealkylation sites (tertiary alicyclic amines) is 1. The van der Waals surface area contributed by atoms with Crippen molar-refractivity contribution in [2.75, 3.05) is 19.6 Å². The minimum atomic E-state index is -1.04. The van der Waals surface area contributed by atoms with E-state index >= 15 is 0 Å². The first kappa shape index (κ1) is 22.8. The van der Waals surface area contributed by atoms with Crippen LogP contribution in [0.4, 0.5) is 0 Å². The highest BCUT2D eigenvalue weighted by Crippen LogP contribution is 2.41. The molecule has 3 rings (SSSR count). The number of aromatic hydroxyl groups is 1. The molecule has 6 nitrogen and oxygen atoms in total. The van der Waals surface area contributed by atoms with E-state index in [-0.39, 0.29) is 36.1 Å². The highest BCUT2D eigenvalue weighted by atomic mass is 16.4. The fourth-order valence-electron chi connectivity index (χ4n) is 4.57.